The van der Waals surface area contributed by atoms with Gasteiger partial charge in [0.05, 0.1) is 6.61 Å². The molecule has 0 saturated carbocycles. The van der Waals surface area contributed by atoms with Crippen LogP contribution >= 0.6 is 0 Å². The van der Waals surface area contributed by atoms with E-state index < -0.39 is 0 Å². The molecule has 0 saturated heterocycles. The molecular weight excluding hydrogens is 238 g/mol. The van der Waals surface area contributed by atoms with Crippen molar-refractivity contribution >= 4 is 0 Å². The Kier molecular flexibility index (Phi) is 4.83. The molecule has 1 aliphatic rings. The van der Waals surface area contributed by atoms with Gasteiger partial charge in [0.1, 0.15) is 5.75 Å². The largest absolute Gasteiger partial charge is 0.493 e. The Hall–Kier alpha value is -1.06. The van der Waals surface area contributed by atoms with E-state index in [1.54, 1.807) is 0 Å². The number of fused-ring (bicyclic) bond motifs is 1. The van der Waals surface area contributed by atoms with Crippen molar-refractivity contribution in [3.05, 3.63) is 29.8 Å². The third-order valence-electron chi connectivity index (χ3n) is 4.52. The molecule has 0 aromatic heterocycles. The molecule has 1 aliphatic heterocycles. The maximum absolute atomic E-state index is 9.64. The van der Waals surface area contributed by atoms with Gasteiger partial charge in [-0.3, -0.25) is 0 Å². The van der Waals surface area contributed by atoms with Crippen LogP contribution in [0, 0.1) is 5.41 Å². The first-order valence-electron chi connectivity index (χ1n) is 7.30. The first-order valence-corrected chi connectivity index (χ1v) is 7.30. The minimum Gasteiger partial charge on any atom is -0.493 e. The van der Waals surface area contributed by atoms with Gasteiger partial charge < -0.3 is 15.2 Å². The van der Waals surface area contributed by atoms with Crippen LogP contribution in [-0.2, 0) is 0 Å². The zero-order valence-electron chi connectivity index (χ0n) is 12.0. The summed E-state index contributed by atoms with van der Waals surface area (Å²) in [6.45, 7) is 6.17. The van der Waals surface area contributed by atoms with Gasteiger partial charge in [0.25, 0.3) is 0 Å². The van der Waals surface area contributed by atoms with Gasteiger partial charge in [0.15, 0.2) is 0 Å². The van der Waals surface area contributed by atoms with E-state index >= 15 is 0 Å². The molecule has 1 aromatic rings. The van der Waals surface area contributed by atoms with Crippen LogP contribution in [0.2, 0.25) is 0 Å². The quantitative estimate of drug-likeness (QED) is 0.829. The normalized spacial score (nSPS) is 18.8. The van der Waals surface area contributed by atoms with Crippen LogP contribution in [0.3, 0.4) is 0 Å². The Morgan fingerprint density at radius 2 is 2.05 bits per heavy atom. The van der Waals surface area contributed by atoms with Crippen molar-refractivity contribution in [1.82, 2.24) is 5.32 Å². The molecule has 0 fully saturated rings. The van der Waals surface area contributed by atoms with Crippen molar-refractivity contribution in [3.63, 3.8) is 0 Å². The minimum absolute atomic E-state index is 0.00719. The lowest BCUT2D eigenvalue weighted by molar-refractivity contribution is 0.106. The predicted octanol–water partition coefficient (Wildman–Crippen LogP) is 2.90. The van der Waals surface area contributed by atoms with Gasteiger partial charge in [-0.15, -0.1) is 0 Å². The van der Waals surface area contributed by atoms with Crippen LogP contribution in [0.1, 0.15) is 44.7 Å². The summed E-state index contributed by atoms with van der Waals surface area (Å²) < 4.78 is 5.68. The van der Waals surface area contributed by atoms with Crippen molar-refractivity contribution in [3.8, 4) is 5.75 Å². The second-order valence-electron chi connectivity index (χ2n) is 5.47. The number of rotatable bonds is 6. The minimum atomic E-state index is 0.00719. The molecular formula is C16H25NO2. The number of ether oxygens (including phenoxy) is 1. The fourth-order valence-electron chi connectivity index (χ4n) is 2.67. The van der Waals surface area contributed by atoms with E-state index in [1.807, 2.05) is 12.1 Å². The topological polar surface area (TPSA) is 41.5 Å². The highest BCUT2D eigenvalue weighted by atomic mass is 16.5. The van der Waals surface area contributed by atoms with Crippen LogP contribution in [-0.4, -0.2) is 24.9 Å². The van der Waals surface area contributed by atoms with Crippen LogP contribution in [0.4, 0.5) is 0 Å². The molecule has 0 aliphatic carbocycles. The fraction of sp³-hybridized carbons (Fsp3) is 0.625. The van der Waals surface area contributed by atoms with Crippen molar-refractivity contribution in [2.75, 3.05) is 19.8 Å². The van der Waals surface area contributed by atoms with Gasteiger partial charge >= 0.3 is 0 Å². The monoisotopic (exact) mass is 263 g/mol. The zero-order chi connectivity index (χ0) is 13.7. The average Bonchev–Trinajstić information content (AvgIpc) is 2.49. The number of aliphatic hydroxyl groups excluding tert-OH is 1. The van der Waals surface area contributed by atoms with Crippen molar-refractivity contribution in [2.45, 2.75) is 39.2 Å². The Morgan fingerprint density at radius 3 is 2.74 bits per heavy atom. The van der Waals surface area contributed by atoms with Crippen LogP contribution < -0.4 is 10.1 Å². The molecule has 1 aromatic carbocycles. The SMILES string of the molecule is CCC(CC)(CO)CNC1CCOc2ccccc21. The number of nitrogens with one attached hydrogen (secondary N) is 1. The van der Waals surface area contributed by atoms with E-state index in [0.29, 0.717) is 6.04 Å². The molecule has 0 amide bonds. The van der Waals surface area contributed by atoms with Gasteiger partial charge in [0.2, 0.25) is 0 Å². The molecule has 3 nitrogen and oxygen atoms in total. The Morgan fingerprint density at radius 1 is 1.32 bits per heavy atom. The summed E-state index contributed by atoms with van der Waals surface area (Å²) in [6.07, 6.45) is 2.99. The van der Waals surface area contributed by atoms with Gasteiger partial charge in [-0.25, -0.2) is 0 Å². The average molecular weight is 263 g/mol. The van der Waals surface area contributed by atoms with Crippen molar-refractivity contribution in [2.24, 2.45) is 5.41 Å². The molecule has 106 valence electrons. The summed E-state index contributed by atoms with van der Waals surface area (Å²) in [6, 6.07) is 8.57. The smallest absolute Gasteiger partial charge is 0.124 e. The third kappa shape index (κ3) is 3.10. The summed E-state index contributed by atoms with van der Waals surface area (Å²) in [5.41, 5.74) is 1.25. The molecule has 1 atom stereocenters. The lowest BCUT2D eigenvalue weighted by Crippen LogP contribution is -2.39. The summed E-state index contributed by atoms with van der Waals surface area (Å²) in [5, 5.41) is 13.3. The standard InChI is InChI=1S/C16H25NO2/c1-3-16(4-2,12-18)11-17-14-9-10-19-15-8-6-5-7-13(14)15/h5-8,14,17-18H,3-4,9-12H2,1-2H3. The summed E-state index contributed by atoms with van der Waals surface area (Å²) >= 11 is 0. The highest BCUT2D eigenvalue weighted by molar-refractivity contribution is 5.37. The van der Waals surface area contributed by atoms with E-state index in [-0.39, 0.29) is 12.0 Å². The Balaban J connectivity index is 2.05. The van der Waals surface area contributed by atoms with Gasteiger partial charge in [0, 0.05) is 36.6 Å². The Labute approximate surface area is 116 Å². The van der Waals surface area contributed by atoms with E-state index in [0.717, 1.165) is 38.2 Å². The van der Waals surface area contributed by atoms with E-state index in [1.165, 1.54) is 5.56 Å². The van der Waals surface area contributed by atoms with Crippen LogP contribution in [0.5, 0.6) is 5.75 Å². The third-order valence-corrected chi connectivity index (χ3v) is 4.52. The molecule has 1 unspecified atom stereocenters. The molecule has 3 heteroatoms. The number of aliphatic hydroxyl groups is 1. The number of para-hydroxylation sites is 1. The first kappa shape index (κ1) is 14.4. The summed E-state index contributed by atoms with van der Waals surface area (Å²) in [7, 11) is 0. The van der Waals surface area contributed by atoms with E-state index in [2.05, 4.69) is 31.3 Å². The second-order valence-corrected chi connectivity index (χ2v) is 5.47. The lowest BCUT2D eigenvalue weighted by Gasteiger charge is -2.34. The Bertz CT molecular complexity index is 393. The zero-order valence-corrected chi connectivity index (χ0v) is 12.0. The fourth-order valence-corrected chi connectivity index (χ4v) is 2.67. The number of hydrogen-bond donors (Lipinski definition) is 2. The van der Waals surface area contributed by atoms with E-state index in [9.17, 15) is 5.11 Å². The van der Waals surface area contributed by atoms with Gasteiger partial charge in [-0.1, -0.05) is 32.0 Å². The maximum atomic E-state index is 9.64. The maximum Gasteiger partial charge on any atom is 0.124 e. The highest BCUT2D eigenvalue weighted by Crippen LogP contribution is 2.33. The van der Waals surface area contributed by atoms with Crippen molar-refractivity contribution in [1.29, 1.82) is 0 Å². The molecule has 0 spiro atoms. The molecule has 0 radical (unpaired) electrons. The molecule has 0 bridgehead atoms. The molecule has 2 rings (SSSR count). The molecule has 1 heterocycles. The summed E-state index contributed by atoms with van der Waals surface area (Å²) in [5.74, 6) is 0.994. The van der Waals surface area contributed by atoms with Crippen molar-refractivity contribution < 1.29 is 9.84 Å². The molecule has 19 heavy (non-hydrogen) atoms. The number of hydrogen-bond acceptors (Lipinski definition) is 3. The number of benzene rings is 1. The van der Waals surface area contributed by atoms with Crippen LogP contribution in [0.15, 0.2) is 24.3 Å². The summed E-state index contributed by atoms with van der Waals surface area (Å²) in [4.78, 5) is 0. The predicted molar refractivity (Wildman–Crippen MR) is 77.4 cm³/mol. The van der Waals surface area contributed by atoms with Gasteiger partial charge in [-0.2, -0.15) is 0 Å². The van der Waals surface area contributed by atoms with E-state index in [4.69, 9.17) is 4.74 Å². The second kappa shape index (κ2) is 6.40. The highest BCUT2D eigenvalue weighted by Gasteiger charge is 2.28. The lowest BCUT2D eigenvalue weighted by atomic mass is 9.82. The van der Waals surface area contributed by atoms with Gasteiger partial charge in [-0.05, 0) is 18.9 Å². The van der Waals surface area contributed by atoms with Crippen LogP contribution in [0.25, 0.3) is 0 Å². The first-order chi connectivity index (χ1) is 9.24. The molecule has 2 N–H and O–H groups in total.